The second-order valence-corrected chi connectivity index (χ2v) is 4.25. The van der Waals surface area contributed by atoms with Crippen LogP contribution in [0.25, 0.3) is 11.4 Å². The third-order valence-electron chi connectivity index (χ3n) is 2.74. The first-order valence-corrected chi connectivity index (χ1v) is 6.03. The van der Waals surface area contributed by atoms with E-state index in [0.717, 1.165) is 12.1 Å². The molecule has 3 rings (SSSR count). The van der Waals surface area contributed by atoms with Crippen LogP contribution in [0.1, 0.15) is 11.6 Å². The molecule has 0 bridgehead atoms. The molecule has 0 spiro atoms. The zero-order chi connectivity index (χ0) is 14.8. The maximum atomic E-state index is 13.2. The molecule has 21 heavy (non-hydrogen) atoms. The van der Waals surface area contributed by atoms with Crippen LogP contribution < -0.4 is 5.73 Å². The molecule has 0 unspecified atom stereocenters. The van der Waals surface area contributed by atoms with Crippen LogP contribution in [0.2, 0.25) is 0 Å². The summed E-state index contributed by atoms with van der Waals surface area (Å²) in [4.78, 5) is 4.09. The van der Waals surface area contributed by atoms with Gasteiger partial charge in [-0.3, -0.25) is 0 Å². The lowest BCUT2D eigenvalue weighted by molar-refractivity contribution is 0.364. The molecule has 2 N–H and O–H groups in total. The summed E-state index contributed by atoms with van der Waals surface area (Å²) < 4.78 is 32.6. The molecule has 7 nitrogen and oxygen atoms in total. The van der Waals surface area contributed by atoms with Crippen LogP contribution in [0.15, 0.2) is 28.9 Å². The maximum Gasteiger partial charge on any atom is 0.248 e. The number of nitrogens with zero attached hydrogens (tertiary/aromatic N) is 5. The van der Waals surface area contributed by atoms with Crippen molar-refractivity contribution in [1.29, 1.82) is 0 Å². The van der Waals surface area contributed by atoms with Crippen LogP contribution in [0.3, 0.4) is 0 Å². The summed E-state index contributed by atoms with van der Waals surface area (Å²) in [5.74, 6) is -1.46. The van der Waals surface area contributed by atoms with E-state index in [-0.39, 0.29) is 24.8 Å². The van der Waals surface area contributed by atoms with Crippen molar-refractivity contribution in [3.63, 3.8) is 0 Å². The van der Waals surface area contributed by atoms with E-state index in [1.54, 1.807) is 6.20 Å². The predicted octanol–water partition coefficient (Wildman–Crippen LogP) is 1.11. The molecular formula is C12H10F2N6O. The Kier molecular flexibility index (Phi) is 3.40. The summed E-state index contributed by atoms with van der Waals surface area (Å²) in [5.41, 5.74) is 6.39. The van der Waals surface area contributed by atoms with Gasteiger partial charge in [-0.15, -0.1) is 5.10 Å². The molecule has 2 aromatic heterocycles. The van der Waals surface area contributed by atoms with Crippen LogP contribution >= 0.6 is 0 Å². The quantitative estimate of drug-likeness (QED) is 0.774. The van der Waals surface area contributed by atoms with Crippen LogP contribution in [0, 0.1) is 11.6 Å². The normalized spacial score (nSPS) is 11.0. The highest BCUT2D eigenvalue weighted by atomic mass is 19.2. The van der Waals surface area contributed by atoms with Gasteiger partial charge in [0.1, 0.15) is 6.54 Å². The third-order valence-corrected chi connectivity index (χ3v) is 2.74. The average Bonchev–Trinajstić information content (AvgIpc) is 3.11. The van der Waals surface area contributed by atoms with Gasteiger partial charge in [-0.1, -0.05) is 10.4 Å². The summed E-state index contributed by atoms with van der Waals surface area (Å²) in [6, 6.07) is 3.38. The largest absolute Gasteiger partial charge is 0.337 e. The van der Waals surface area contributed by atoms with Crippen molar-refractivity contribution in [2.45, 2.75) is 13.1 Å². The minimum absolute atomic E-state index is 0.170. The number of nitrogens with two attached hydrogens (primary N) is 1. The van der Waals surface area contributed by atoms with Gasteiger partial charge in [0, 0.05) is 12.1 Å². The molecule has 0 amide bonds. The summed E-state index contributed by atoms with van der Waals surface area (Å²) in [6.07, 6.45) is 1.65. The second kappa shape index (κ2) is 5.37. The lowest BCUT2D eigenvalue weighted by Gasteiger charge is -1.95. The van der Waals surface area contributed by atoms with Gasteiger partial charge in [-0.2, -0.15) is 4.98 Å². The molecule has 9 heteroatoms. The average molecular weight is 292 g/mol. The fraction of sp³-hybridized carbons (Fsp3) is 0.167. The Morgan fingerprint density at radius 3 is 2.81 bits per heavy atom. The third kappa shape index (κ3) is 2.77. The number of aromatic nitrogens is 5. The first-order valence-electron chi connectivity index (χ1n) is 6.03. The fourth-order valence-electron chi connectivity index (χ4n) is 1.72. The first kappa shape index (κ1) is 13.3. The van der Waals surface area contributed by atoms with E-state index in [4.69, 9.17) is 10.3 Å². The van der Waals surface area contributed by atoms with Crippen LogP contribution in [-0.2, 0) is 13.1 Å². The van der Waals surface area contributed by atoms with E-state index in [2.05, 4.69) is 20.5 Å². The van der Waals surface area contributed by atoms with Crippen molar-refractivity contribution in [2.24, 2.45) is 5.73 Å². The highest BCUT2D eigenvalue weighted by molar-refractivity contribution is 5.54. The molecule has 0 aliphatic carbocycles. The van der Waals surface area contributed by atoms with Crippen molar-refractivity contribution in [3.05, 3.63) is 47.6 Å². The summed E-state index contributed by atoms with van der Waals surface area (Å²) >= 11 is 0. The Labute approximate surface area is 117 Å². The van der Waals surface area contributed by atoms with E-state index in [0.29, 0.717) is 11.3 Å². The zero-order valence-electron chi connectivity index (χ0n) is 10.7. The van der Waals surface area contributed by atoms with Crippen molar-refractivity contribution >= 4 is 0 Å². The van der Waals surface area contributed by atoms with Crippen LogP contribution in [0.4, 0.5) is 8.78 Å². The topological polar surface area (TPSA) is 95.7 Å². The minimum atomic E-state index is -0.970. The Hall–Kier alpha value is -2.68. The predicted molar refractivity (Wildman–Crippen MR) is 66.7 cm³/mol. The lowest BCUT2D eigenvalue weighted by atomic mass is 10.2. The smallest absolute Gasteiger partial charge is 0.248 e. The standard InChI is InChI=1S/C12H10F2N6O/c13-9-2-1-7(3-10(9)14)12-16-11(21-18-12)6-20-5-8(4-15)17-19-20/h1-3,5H,4,6,15H2. The zero-order valence-corrected chi connectivity index (χ0v) is 10.7. The SMILES string of the molecule is NCc1cn(Cc2nc(-c3ccc(F)c(F)c3)no2)nn1. The molecule has 0 aliphatic rings. The van der Waals surface area contributed by atoms with E-state index < -0.39 is 11.6 Å². The highest BCUT2D eigenvalue weighted by Gasteiger charge is 2.12. The van der Waals surface area contributed by atoms with Crippen molar-refractivity contribution in [3.8, 4) is 11.4 Å². The molecule has 0 saturated carbocycles. The van der Waals surface area contributed by atoms with Gasteiger partial charge in [0.05, 0.1) is 11.9 Å². The Morgan fingerprint density at radius 2 is 2.10 bits per heavy atom. The molecular weight excluding hydrogens is 282 g/mol. The first-order chi connectivity index (χ1) is 10.2. The van der Waals surface area contributed by atoms with Gasteiger partial charge in [-0.25, -0.2) is 13.5 Å². The molecule has 0 fully saturated rings. The van der Waals surface area contributed by atoms with Crippen molar-refractivity contribution in [1.82, 2.24) is 25.1 Å². The molecule has 0 atom stereocenters. The molecule has 3 aromatic rings. The monoisotopic (exact) mass is 292 g/mol. The minimum Gasteiger partial charge on any atom is -0.337 e. The van der Waals surface area contributed by atoms with Gasteiger partial charge in [0.2, 0.25) is 11.7 Å². The fourth-order valence-corrected chi connectivity index (χ4v) is 1.72. The van der Waals surface area contributed by atoms with Gasteiger partial charge in [-0.05, 0) is 18.2 Å². The van der Waals surface area contributed by atoms with E-state index in [9.17, 15) is 8.78 Å². The van der Waals surface area contributed by atoms with E-state index in [1.807, 2.05) is 0 Å². The molecule has 108 valence electrons. The summed E-state index contributed by atoms with van der Waals surface area (Å²) in [6.45, 7) is 0.494. The van der Waals surface area contributed by atoms with Crippen LogP contribution in [0.5, 0.6) is 0 Å². The van der Waals surface area contributed by atoms with E-state index in [1.165, 1.54) is 10.7 Å². The molecule has 2 heterocycles. The van der Waals surface area contributed by atoms with Gasteiger partial charge in [0.25, 0.3) is 0 Å². The van der Waals surface area contributed by atoms with E-state index >= 15 is 0 Å². The maximum absolute atomic E-state index is 13.2. The number of halogens is 2. The summed E-state index contributed by atoms with van der Waals surface area (Å²) in [5, 5.41) is 11.4. The Morgan fingerprint density at radius 1 is 1.24 bits per heavy atom. The number of rotatable bonds is 4. The molecule has 1 aromatic carbocycles. The summed E-state index contributed by atoms with van der Waals surface area (Å²) in [7, 11) is 0. The van der Waals surface area contributed by atoms with Gasteiger partial charge in [0.15, 0.2) is 11.6 Å². The number of hydrogen-bond acceptors (Lipinski definition) is 6. The molecule has 0 aliphatic heterocycles. The second-order valence-electron chi connectivity index (χ2n) is 4.25. The Bertz CT molecular complexity index is 769. The van der Waals surface area contributed by atoms with Gasteiger partial charge < -0.3 is 10.3 Å². The lowest BCUT2D eigenvalue weighted by Crippen LogP contribution is -2.01. The number of benzene rings is 1. The van der Waals surface area contributed by atoms with Crippen molar-refractivity contribution in [2.75, 3.05) is 0 Å². The Balaban J connectivity index is 1.80. The molecule has 0 radical (unpaired) electrons. The van der Waals surface area contributed by atoms with Crippen LogP contribution in [-0.4, -0.2) is 25.1 Å². The highest BCUT2D eigenvalue weighted by Crippen LogP contribution is 2.18. The molecule has 0 saturated heterocycles. The van der Waals surface area contributed by atoms with Crippen molar-refractivity contribution < 1.29 is 13.3 Å². The van der Waals surface area contributed by atoms with Gasteiger partial charge >= 0.3 is 0 Å². The number of hydrogen-bond donors (Lipinski definition) is 1.